The van der Waals surface area contributed by atoms with Gasteiger partial charge in [0.2, 0.25) is 5.91 Å². The monoisotopic (exact) mass is 268 g/mol. The van der Waals surface area contributed by atoms with Gasteiger partial charge in [-0.15, -0.1) is 0 Å². The highest BCUT2D eigenvalue weighted by atomic mass is 35.5. The van der Waals surface area contributed by atoms with Crippen LogP contribution in [0.15, 0.2) is 12.4 Å². The van der Waals surface area contributed by atoms with Crippen LogP contribution in [0.4, 0.5) is 0 Å². The standard InChI is InChI=1S/C12H17ClN4O/c1-14-12(18)10-4-2-3-5-17(10)8-9-6-16-11(13)7-15-9/h6-7,10H,2-5,8H2,1H3,(H,14,18). The van der Waals surface area contributed by atoms with Crippen LogP contribution in [0.3, 0.4) is 0 Å². The van der Waals surface area contributed by atoms with Crippen LogP contribution in [-0.2, 0) is 11.3 Å². The van der Waals surface area contributed by atoms with E-state index in [1.807, 2.05) is 0 Å². The minimum absolute atomic E-state index is 0.0544. The molecular weight excluding hydrogens is 252 g/mol. The summed E-state index contributed by atoms with van der Waals surface area (Å²) in [5, 5.41) is 3.11. The molecule has 5 nitrogen and oxygen atoms in total. The maximum atomic E-state index is 11.8. The Kier molecular flexibility index (Phi) is 4.49. The summed E-state index contributed by atoms with van der Waals surface area (Å²) in [6.07, 6.45) is 6.32. The normalized spacial score (nSPS) is 20.7. The third-order valence-corrected chi connectivity index (χ3v) is 3.40. The molecule has 2 rings (SSSR count). The molecule has 1 aliphatic heterocycles. The van der Waals surface area contributed by atoms with Crippen molar-refractivity contribution in [1.82, 2.24) is 20.2 Å². The highest BCUT2D eigenvalue weighted by Crippen LogP contribution is 2.19. The van der Waals surface area contributed by atoms with Gasteiger partial charge in [-0.1, -0.05) is 18.0 Å². The van der Waals surface area contributed by atoms with E-state index >= 15 is 0 Å². The molecule has 0 bridgehead atoms. The Balaban J connectivity index is 2.05. The number of amides is 1. The largest absolute Gasteiger partial charge is 0.358 e. The number of nitrogens with zero attached hydrogens (tertiary/aromatic N) is 3. The molecule has 2 heterocycles. The van der Waals surface area contributed by atoms with Crippen molar-refractivity contribution >= 4 is 17.5 Å². The number of hydrogen-bond donors (Lipinski definition) is 1. The summed E-state index contributed by atoms with van der Waals surface area (Å²) in [5.41, 5.74) is 0.843. The number of piperidine rings is 1. The van der Waals surface area contributed by atoms with Crippen LogP contribution in [0.1, 0.15) is 25.0 Å². The van der Waals surface area contributed by atoms with Crippen molar-refractivity contribution in [2.75, 3.05) is 13.6 Å². The molecule has 1 aromatic heterocycles. The maximum absolute atomic E-state index is 11.8. The van der Waals surface area contributed by atoms with Crippen LogP contribution < -0.4 is 5.32 Å². The lowest BCUT2D eigenvalue weighted by Crippen LogP contribution is -2.48. The number of aromatic nitrogens is 2. The van der Waals surface area contributed by atoms with Gasteiger partial charge < -0.3 is 5.32 Å². The predicted octanol–water partition coefficient (Wildman–Crippen LogP) is 1.23. The molecule has 0 saturated carbocycles. The minimum Gasteiger partial charge on any atom is -0.358 e. The molecule has 98 valence electrons. The van der Waals surface area contributed by atoms with Gasteiger partial charge >= 0.3 is 0 Å². The van der Waals surface area contributed by atoms with E-state index in [0.717, 1.165) is 31.5 Å². The van der Waals surface area contributed by atoms with E-state index in [1.54, 1.807) is 13.2 Å². The topological polar surface area (TPSA) is 58.1 Å². The summed E-state index contributed by atoms with van der Waals surface area (Å²) in [4.78, 5) is 22.2. The van der Waals surface area contributed by atoms with E-state index in [1.165, 1.54) is 6.20 Å². The predicted molar refractivity (Wildman–Crippen MR) is 69.2 cm³/mol. The van der Waals surface area contributed by atoms with Gasteiger partial charge in [0.05, 0.1) is 24.1 Å². The molecule has 1 fully saturated rings. The number of halogens is 1. The lowest BCUT2D eigenvalue weighted by molar-refractivity contribution is -0.127. The number of likely N-dealkylation sites (tertiary alicyclic amines) is 1. The van der Waals surface area contributed by atoms with Gasteiger partial charge in [-0.3, -0.25) is 14.7 Å². The summed E-state index contributed by atoms with van der Waals surface area (Å²) in [6, 6.07) is -0.0544. The fourth-order valence-electron chi connectivity index (χ4n) is 2.27. The maximum Gasteiger partial charge on any atom is 0.237 e. The second-order valence-corrected chi connectivity index (χ2v) is 4.81. The SMILES string of the molecule is CNC(=O)C1CCCCN1Cc1cnc(Cl)cn1. The number of hydrogen-bond acceptors (Lipinski definition) is 4. The van der Waals surface area contributed by atoms with Gasteiger partial charge in [-0.25, -0.2) is 4.98 Å². The number of nitrogens with one attached hydrogen (secondary N) is 1. The first-order valence-electron chi connectivity index (χ1n) is 6.13. The third-order valence-electron chi connectivity index (χ3n) is 3.20. The molecule has 1 N–H and O–H groups in total. The van der Waals surface area contributed by atoms with Crippen molar-refractivity contribution in [2.24, 2.45) is 0 Å². The van der Waals surface area contributed by atoms with Crippen molar-refractivity contribution in [3.63, 3.8) is 0 Å². The van der Waals surface area contributed by atoms with Crippen molar-refractivity contribution in [3.05, 3.63) is 23.2 Å². The van der Waals surface area contributed by atoms with Crippen LogP contribution in [-0.4, -0.2) is 40.4 Å². The van der Waals surface area contributed by atoms with E-state index < -0.39 is 0 Å². The molecule has 1 saturated heterocycles. The zero-order valence-corrected chi connectivity index (χ0v) is 11.2. The summed E-state index contributed by atoms with van der Waals surface area (Å²) in [7, 11) is 1.68. The number of carbonyl (C=O) groups is 1. The van der Waals surface area contributed by atoms with Gasteiger partial charge in [0, 0.05) is 13.6 Å². The highest BCUT2D eigenvalue weighted by molar-refractivity contribution is 6.29. The van der Waals surface area contributed by atoms with E-state index in [2.05, 4.69) is 20.2 Å². The van der Waals surface area contributed by atoms with Gasteiger partial charge in [0.15, 0.2) is 0 Å². The molecule has 0 spiro atoms. The zero-order valence-electron chi connectivity index (χ0n) is 10.4. The fraction of sp³-hybridized carbons (Fsp3) is 0.583. The summed E-state index contributed by atoms with van der Waals surface area (Å²) >= 11 is 5.70. The van der Waals surface area contributed by atoms with Crippen molar-refractivity contribution in [3.8, 4) is 0 Å². The number of rotatable bonds is 3. The van der Waals surface area contributed by atoms with E-state index in [-0.39, 0.29) is 11.9 Å². The molecular formula is C12H17ClN4O. The first kappa shape index (κ1) is 13.2. The average molecular weight is 269 g/mol. The van der Waals surface area contributed by atoms with Gasteiger partial charge in [-0.05, 0) is 19.4 Å². The second-order valence-electron chi connectivity index (χ2n) is 4.43. The minimum atomic E-state index is -0.0544. The average Bonchev–Trinajstić information content (AvgIpc) is 2.41. The van der Waals surface area contributed by atoms with Gasteiger partial charge in [0.1, 0.15) is 5.15 Å². The third kappa shape index (κ3) is 3.17. The Bertz CT molecular complexity index is 409. The molecule has 1 unspecified atom stereocenters. The highest BCUT2D eigenvalue weighted by Gasteiger charge is 2.28. The first-order valence-corrected chi connectivity index (χ1v) is 6.50. The Morgan fingerprint density at radius 3 is 3.00 bits per heavy atom. The van der Waals surface area contributed by atoms with Crippen molar-refractivity contribution < 1.29 is 4.79 Å². The van der Waals surface area contributed by atoms with Gasteiger partial charge in [-0.2, -0.15) is 0 Å². The van der Waals surface area contributed by atoms with Crippen molar-refractivity contribution in [2.45, 2.75) is 31.8 Å². The molecule has 1 atom stereocenters. The molecule has 0 aliphatic carbocycles. The van der Waals surface area contributed by atoms with Crippen molar-refractivity contribution in [1.29, 1.82) is 0 Å². The molecule has 1 aliphatic rings. The van der Waals surface area contributed by atoms with E-state index in [0.29, 0.717) is 11.7 Å². The van der Waals surface area contributed by atoms with Crippen LogP contribution in [0.2, 0.25) is 5.15 Å². The zero-order chi connectivity index (χ0) is 13.0. The molecule has 6 heteroatoms. The van der Waals surface area contributed by atoms with E-state index in [4.69, 9.17) is 11.6 Å². The summed E-state index contributed by atoms with van der Waals surface area (Å²) in [6.45, 7) is 1.56. The lowest BCUT2D eigenvalue weighted by Gasteiger charge is -2.33. The summed E-state index contributed by atoms with van der Waals surface area (Å²) in [5.74, 6) is 0.0802. The van der Waals surface area contributed by atoms with Crippen LogP contribution in [0.25, 0.3) is 0 Å². The first-order chi connectivity index (χ1) is 8.70. The number of carbonyl (C=O) groups excluding carboxylic acids is 1. The Morgan fingerprint density at radius 1 is 1.50 bits per heavy atom. The Labute approximate surface area is 112 Å². The molecule has 0 aromatic carbocycles. The van der Waals surface area contributed by atoms with Crippen LogP contribution >= 0.6 is 11.6 Å². The smallest absolute Gasteiger partial charge is 0.237 e. The fourth-order valence-corrected chi connectivity index (χ4v) is 2.37. The van der Waals surface area contributed by atoms with E-state index in [9.17, 15) is 4.79 Å². The van der Waals surface area contributed by atoms with Gasteiger partial charge in [0.25, 0.3) is 0 Å². The molecule has 0 radical (unpaired) electrons. The second kappa shape index (κ2) is 6.11. The Morgan fingerprint density at radius 2 is 2.33 bits per heavy atom. The van der Waals surface area contributed by atoms with Crippen LogP contribution in [0.5, 0.6) is 0 Å². The summed E-state index contributed by atoms with van der Waals surface area (Å²) < 4.78 is 0. The Hall–Kier alpha value is -1.20. The van der Waals surface area contributed by atoms with Crippen LogP contribution in [0, 0.1) is 0 Å². The molecule has 1 amide bonds. The molecule has 18 heavy (non-hydrogen) atoms. The number of likely N-dealkylation sites (N-methyl/N-ethyl adjacent to an activating group) is 1. The quantitative estimate of drug-likeness (QED) is 0.896. The molecule has 1 aromatic rings. The lowest BCUT2D eigenvalue weighted by atomic mass is 10.0.